The van der Waals surface area contributed by atoms with E-state index in [1.807, 2.05) is 18.2 Å². The van der Waals surface area contributed by atoms with E-state index in [9.17, 15) is 9.18 Å². The normalized spacial score (nSPS) is 11.0. The minimum absolute atomic E-state index is 0.0522. The van der Waals surface area contributed by atoms with Crippen molar-refractivity contribution >= 4 is 57.5 Å². The number of H-pyrrole nitrogens is 1. The van der Waals surface area contributed by atoms with Crippen LogP contribution in [-0.4, -0.2) is 15.8 Å². The number of ether oxygens (including phenoxy) is 1. The van der Waals surface area contributed by atoms with Crippen LogP contribution < -0.4 is 15.3 Å². The Morgan fingerprint density at radius 1 is 1.21 bits per heavy atom. The second kappa shape index (κ2) is 8.20. The number of aromatic nitrogens is 2. The number of ketones is 1. The van der Waals surface area contributed by atoms with Crippen molar-refractivity contribution in [3.8, 4) is 5.75 Å². The van der Waals surface area contributed by atoms with Gasteiger partial charge in [-0.2, -0.15) is 0 Å². The van der Waals surface area contributed by atoms with Gasteiger partial charge in [0.15, 0.2) is 5.78 Å². The summed E-state index contributed by atoms with van der Waals surface area (Å²) in [5.74, 6) is -0.665. The van der Waals surface area contributed by atoms with Crippen LogP contribution in [0.5, 0.6) is 5.75 Å². The van der Waals surface area contributed by atoms with Crippen LogP contribution >= 0.6 is 30.1 Å². The molecule has 0 saturated heterocycles. The van der Waals surface area contributed by atoms with Crippen LogP contribution in [0.15, 0.2) is 54.9 Å². The van der Waals surface area contributed by atoms with Crippen molar-refractivity contribution in [2.45, 2.75) is 6.61 Å². The van der Waals surface area contributed by atoms with Gasteiger partial charge in [-0.3, -0.25) is 4.79 Å². The summed E-state index contributed by atoms with van der Waals surface area (Å²) in [5.41, 5.74) is 1.67. The van der Waals surface area contributed by atoms with Gasteiger partial charge in [0.2, 0.25) is 0 Å². The standard InChI is InChI=1S/C21H16ClFN2O2P2/c22-15-8-12(28)4-3-11(15)10-27-17-6-5-16(23)18(20(17)29)19(26)14-9-25-21-13(14)2-1-7-24-21/h1-9H,10,28-29H2,(H,24,25). The Morgan fingerprint density at radius 2 is 2.03 bits per heavy atom. The van der Waals surface area contributed by atoms with Gasteiger partial charge in [-0.15, -0.1) is 18.5 Å². The van der Waals surface area contributed by atoms with Crippen molar-refractivity contribution in [2.75, 3.05) is 0 Å². The van der Waals surface area contributed by atoms with E-state index in [2.05, 4.69) is 28.4 Å². The summed E-state index contributed by atoms with van der Waals surface area (Å²) in [6, 6.07) is 11.8. The van der Waals surface area contributed by atoms with Gasteiger partial charge in [0, 0.05) is 39.2 Å². The first-order valence-electron chi connectivity index (χ1n) is 8.67. The zero-order valence-corrected chi connectivity index (χ0v) is 18.1. The minimum atomic E-state index is -0.615. The average Bonchev–Trinajstić information content (AvgIpc) is 3.13. The summed E-state index contributed by atoms with van der Waals surface area (Å²) in [4.78, 5) is 20.2. The number of carbonyl (C=O) groups is 1. The summed E-state index contributed by atoms with van der Waals surface area (Å²) in [6.07, 6.45) is 3.17. The van der Waals surface area contributed by atoms with E-state index in [0.29, 0.717) is 32.7 Å². The SMILES string of the molecule is O=C(c1c(F)ccc(OCc2ccc(P)cc2Cl)c1P)c1c[nH]c2ncccc12. The molecule has 0 aliphatic carbocycles. The number of hydrogen-bond donors (Lipinski definition) is 1. The number of pyridine rings is 1. The van der Waals surface area contributed by atoms with Gasteiger partial charge < -0.3 is 9.72 Å². The molecule has 0 spiro atoms. The smallest absolute Gasteiger partial charge is 0.198 e. The predicted octanol–water partition coefficient (Wildman–Crippen LogP) is 4.17. The molecule has 0 aliphatic heterocycles. The number of aromatic amines is 1. The molecule has 1 N–H and O–H groups in total. The van der Waals surface area contributed by atoms with Gasteiger partial charge in [0.05, 0.1) is 5.56 Å². The van der Waals surface area contributed by atoms with E-state index >= 15 is 0 Å². The summed E-state index contributed by atoms with van der Waals surface area (Å²) in [7, 11) is 4.99. The molecule has 2 heterocycles. The van der Waals surface area contributed by atoms with E-state index in [-0.39, 0.29) is 12.2 Å². The Labute approximate surface area is 176 Å². The lowest BCUT2D eigenvalue weighted by molar-refractivity contribution is 0.103. The number of rotatable bonds is 5. The molecule has 146 valence electrons. The first kappa shape index (κ1) is 20.0. The van der Waals surface area contributed by atoms with Crippen LogP contribution in [0.3, 0.4) is 0 Å². The molecule has 0 fully saturated rings. The fourth-order valence-corrected chi connectivity index (χ4v) is 4.11. The number of benzene rings is 2. The molecule has 4 rings (SSSR count). The summed E-state index contributed by atoms with van der Waals surface area (Å²) in [6.45, 7) is 0.196. The largest absolute Gasteiger partial charge is 0.488 e. The topological polar surface area (TPSA) is 55.0 Å². The predicted molar refractivity (Wildman–Crippen MR) is 120 cm³/mol. The second-order valence-electron chi connectivity index (χ2n) is 6.40. The third-order valence-electron chi connectivity index (χ3n) is 4.54. The first-order valence-corrected chi connectivity index (χ1v) is 10.2. The third kappa shape index (κ3) is 3.91. The Balaban J connectivity index is 1.67. The van der Waals surface area contributed by atoms with Gasteiger partial charge in [0.25, 0.3) is 0 Å². The van der Waals surface area contributed by atoms with E-state index in [0.717, 1.165) is 10.9 Å². The average molecular weight is 445 g/mol. The molecular formula is C21H16ClFN2O2P2. The molecule has 4 aromatic rings. The van der Waals surface area contributed by atoms with Crippen LogP contribution in [0.1, 0.15) is 21.5 Å². The molecule has 0 aliphatic rings. The lowest BCUT2D eigenvalue weighted by Gasteiger charge is -2.14. The van der Waals surface area contributed by atoms with Gasteiger partial charge in [-0.25, -0.2) is 9.37 Å². The van der Waals surface area contributed by atoms with Crippen LogP contribution in [0.25, 0.3) is 11.0 Å². The molecule has 0 saturated carbocycles. The first-order chi connectivity index (χ1) is 14.0. The fourth-order valence-electron chi connectivity index (χ4n) is 3.05. The Kier molecular flexibility index (Phi) is 5.65. The van der Waals surface area contributed by atoms with Crippen molar-refractivity contribution in [3.63, 3.8) is 0 Å². The second-order valence-corrected chi connectivity index (χ2v) is 8.06. The molecule has 2 unspecified atom stereocenters. The Hall–Kier alpha value is -2.32. The maximum Gasteiger partial charge on any atom is 0.198 e. The van der Waals surface area contributed by atoms with Crippen molar-refractivity contribution < 1.29 is 13.9 Å². The van der Waals surface area contributed by atoms with Crippen molar-refractivity contribution in [2.24, 2.45) is 0 Å². The molecular weight excluding hydrogens is 429 g/mol. The van der Waals surface area contributed by atoms with Crippen molar-refractivity contribution in [1.29, 1.82) is 0 Å². The van der Waals surface area contributed by atoms with Gasteiger partial charge in [-0.1, -0.05) is 23.7 Å². The lowest BCUT2D eigenvalue weighted by atomic mass is 10.0. The Bertz CT molecular complexity index is 1240. The number of nitrogens with one attached hydrogen (secondary N) is 1. The summed E-state index contributed by atoms with van der Waals surface area (Å²) < 4.78 is 20.4. The van der Waals surface area contributed by atoms with Crippen molar-refractivity contribution in [1.82, 2.24) is 9.97 Å². The highest BCUT2D eigenvalue weighted by Crippen LogP contribution is 2.25. The summed E-state index contributed by atoms with van der Waals surface area (Å²) in [5, 5.41) is 2.53. The van der Waals surface area contributed by atoms with Crippen LogP contribution in [0.4, 0.5) is 4.39 Å². The summed E-state index contributed by atoms with van der Waals surface area (Å²) >= 11 is 6.24. The maximum absolute atomic E-state index is 14.6. The van der Waals surface area contributed by atoms with Gasteiger partial charge in [-0.05, 0) is 35.6 Å². The van der Waals surface area contributed by atoms with Gasteiger partial charge in [0.1, 0.15) is 23.8 Å². The lowest BCUT2D eigenvalue weighted by Crippen LogP contribution is -2.16. The van der Waals surface area contributed by atoms with Crippen LogP contribution in [0, 0.1) is 5.82 Å². The Morgan fingerprint density at radius 3 is 2.83 bits per heavy atom. The molecule has 2 aromatic carbocycles. The molecule has 8 heteroatoms. The number of nitrogens with zero attached hydrogens (tertiary/aromatic N) is 1. The number of fused-ring (bicyclic) bond motifs is 1. The molecule has 0 radical (unpaired) electrons. The van der Waals surface area contributed by atoms with E-state index in [1.165, 1.54) is 12.1 Å². The van der Waals surface area contributed by atoms with Gasteiger partial charge >= 0.3 is 0 Å². The highest BCUT2D eigenvalue weighted by molar-refractivity contribution is 7.28. The molecule has 2 aromatic heterocycles. The monoisotopic (exact) mass is 444 g/mol. The number of carbonyl (C=O) groups excluding carboxylic acids is 1. The van der Waals surface area contributed by atoms with Crippen LogP contribution in [-0.2, 0) is 6.61 Å². The molecule has 29 heavy (non-hydrogen) atoms. The van der Waals surface area contributed by atoms with Crippen molar-refractivity contribution in [3.05, 3.63) is 82.4 Å². The molecule has 0 amide bonds. The maximum atomic E-state index is 14.6. The number of halogens is 2. The fraction of sp³-hybridized carbons (Fsp3) is 0.0476. The van der Waals surface area contributed by atoms with Crippen LogP contribution in [0.2, 0.25) is 5.02 Å². The van der Waals surface area contributed by atoms with E-state index in [1.54, 1.807) is 24.5 Å². The highest BCUT2D eigenvalue weighted by Gasteiger charge is 2.22. The molecule has 2 atom stereocenters. The number of hydrogen-bond acceptors (Lipinski definition) is 3. The highest BCUT2D eigenvalue weighted by atomic mass is 35.5. The minimum Gasteiger partial charge on any atom is -0.488 e. The molecule has 4 nitrogen and oxygen atoms in total. The quantitative estimate of drug-likeness (QED) is 0.371. The third-order valence-corrected chi connectivity index (χ3v) is 5.82. The van der Waals surface area contributed by atoms with E-state index < -0.39 is 11.6 Å². The molecule has 0 bridgehead atoms. The zero-order valence-electron chi connectivity index (χ0n) is 15.1. The zero-order chi connectivity index (χ0) is 20.5. The van der Waals surface area contributed by atoms with E-state index in [4.69, 9.17) is 16.3 Å².